The number of ether oxygens (including phenoxy) is 1. The number of carbonyl (C=O) groups excluding carboxylic acids is 1. The van der Waals surface area contributed by atoms with E-state index in [1.165, 1.54) is 0 Å². The highest BCUT2D eigenvalue weighted by molar-refractivity contribution is 5.76. The van der Waals surface area contributed by atoms with Crippen molar-refractivity contribution in [3.05, 3.63) is 0 Å². The smallest absolute Gasteiger partial charge is 0.317 e. The number of nitrogens with zero attached hydrogens (tertiary/aromatic N) is 1. The molecule has 2 N–H and O–H groups in total. The topological polar surface area (TPSA) is 53.6 Å². The van der Waals surface area contributed by atoms with Crippen LogP contribution in [-0.4, -0.2) is 56.4 Å². The van der Waals surface area contributed by atoms with Crippen LogP contribution in [0.1, 0.15) is 13.8 Å². The van der Waals surface area contributed by atoms with Crippen LogP contribution in [0.2, 0.25) is 0 Å². The fourth-order valence-corrected chi connectivity index (χ4v) is 1.55. The number of likely N-dealkylation sites (N-methyl/N-ethyl adjacent to an activating group) is 1. The average molecular weight is 215 g/mol. The fourth-order valence-electron chi connectivity index (χ4n) is 1.55. The minimum atomic E-state index is 0.0257. The average Bonchev–Trinajstić information content (AvgIpc) is 2.51. The van der Waals surface area contributed by atoms with E-state index < -0.39 is 0 Å². The van der Waals surface area contributed by atoms with Crippen LogP contribution in [0.3, 0.4) is 0 Å². The maximum Gasteiger partial charge on any atom is 0.317 e. The molecule has 1 heterocycles. The van der Waals surface area contributed by atoms with E-state index in [2.05, 4.69) is 17.6 Å². The van der Waals surface area contributed by atoms with Crippen LogP contribution in [-0.2, 0) is 4.74 Å². The number of urea groups is 1. The van der Waals surface area contributed by atoms with E-state index in [0.29, 0.717) is 19.8 Å². The van der Waals surface area contributed by atoms with Crippen LogP contribution in [0.5, 0.6) is 0 Å². The van der Waals surface area contributed by atoms with Crippen molar-refractivity contribution in [1.29, 1.82) is 0 Å². The van der Waals surface area contributed by atoms with E-state index in [0.717, 1.165) is 19.6 Å². The van der Waals surface area contributed by atoms with Gasteiger partial charge in [0.15, 0.2) is 0 Å². The molecule has 0 saturated carbocycles. The Bertz CT molecular complexity index is 199. The van der Waals surface area contributed by atoms with Gasteiger partial charge < -0.3 is 20.3 Å². The summed E-state index contributed by atoms with van der Waals surface area (Å²) in [6.07, 6.45) is 0. The Morgan fingerprint density at radius 2 is 2.40 bits per heavy atom. The molecule has 1 rings (SSSR count). The van der Waals surface area contributed by atoms with Gasteiger partial charge in [0.25, 0.3) is 0 Å². The number of amides is 2. The summed E-state index contributed by atoms with van der Waals surface area (Å²) in [6.45, 7) is 8.70. The van der Waals surface area contributed by atoms with E-state index in [9.17, 15) is 4.79 Å². The van der Waals surface area contributed by atoms with E-state index in [1.54, 1.807) is 4.90 Å². The van der Waals surface area contributed by atoms with Gasteiger partial charge in [0.1, 0.15) is 0 Å². The molecular formula is C10H21N3O2. The van der Waals surface area contributed by atoms with Gasteiger partial charge in [-0.2, -0.15) is 0 Å². The maximum atomic E-state index is 11.3. The van der Waals surface area contributed by atoms with Crippen LogP contribution in [0, 0.1) is 0 Å². The molecule has 2 amide bonds. The Morgan fingerprint density at radius 1 is 1.60 bits per heavy atom. The van der Waals surface area contributed by atoms with Gasteiger partial charge in [-0.25, -0.2) is 4.79 Å². The monoisotopic (exact) mass is 215 g/mol. The highest BCUT2D eigenvalue weighted by atomic mass is 16.5. The first-order chi connectivity index (χ1) is 7.24. The second kappa shape index (κ2) is 6.63. The predicted molar refractivity (Wildman–Crippen MR) is 58.9 cm³/mol. The van der Waals surface area contributed by atoms with Crippen LogP contribution in [0.4, 0.5) is 4.79 Å². The van der Waals surface area contributed by atoms with Crippen molar-refractivity contribution in [3.8, 4) is 0 Å². The fraction of sp³-hybridized carbons (Fsp3) is 0.900. The molecule has 1 aliphatic heterocycles. The summed E-state index contributed by atoms with van der Waals surface area (Å²) in [5.41, 5.74) is 0. The summed E-state index contributed by atoms with van der Waals surface area (Å²) in [4.78, 5) is 13.1. The standard InChI is InChI=1S/C10H21N3O2/c1-3-11-4-6-15-7-5-13-8-9(2)12-10(13)14/h9,11H,3-8H2,1-2H3,(H,12,14). The lowest BCUT2D eigenvalue weighted by molar-refractivity contribution is 0.117. The largest absolute Gasteiger partial charge is 0.378 e. The maximum absolute atomic E-state index is 11.3. The molecule has 0 aliphatic carbocycles. The molecule has 5 heteroatoms. The second-order valence-electron chi connectivity index (χ2n) is 3.76. The van der Waals surface area contributed by atoms with Crippen LogP contribution < -0.4 is 10.6 Å². The summed E-state index contributed by atoms with van der Waals surface area (Å²) in [5.74, 6) is 0. The minimum absolute atomic E-state index is 0.0257. The van der Waals surface area contributed by atoms with Gasteiger partial charge in [0.2, 0.25) is 0 Å². The molecule has 15 heavy (non-hydrogen) atoms. The molecule has 1 unspecified atom stereocenters. The summed E-state index contributed by atoms with van der Waals surface area (Å²) in [5, 5.41) is 6.02. The molecule has 88 valence electrons. The van der Waals surface area contributed by atoms with Crippen molar-refractivity contribution in [2.75, 3.05) is 39.4 Å². The quantitative estimate of drug-likeness (QED) is 0.589. The summed E-state index contributed by atoms with van der Waals surface area (Å²) >= 11 is 0. The molecule has 1 atom stereocenters. The third-order valence-corrected chi connectivity index (χ3v) is 2.33. The summed E-state index contributed by atoms with van der Waals surface area (Å²) in [7, 11) is 0. The molecule has 1 fully saturated rings. The SMILES string of the molecule is CCNCCOCCN1CC(C)NC1=O. The number of hydrogen-bond donors (Lipinski definition) is 2. The minimum Gasteiger partial charge on any atom is -0.378 e. The van der Waals surface area contributed by atoms with Gasteiger partial charge in [-0.1, -0.05) is 6.92 Å². The molecule has 5 nitrogen and oxygen atoms in total. The van der Waals surface area contributed by atoms with Gasteiger partial charge >= 0.3 is 6.03 Å². The number of nitrogens with one attached hydrogen (secondary N) is 2. The van der Waals surface area contributed by atoms with Crippen LogP contribution in [0.25, 0.3) is 0 Å². The molecule has 1 saturated heterocycles. The van der Waals surface area contributed by atoms with Crippen molar-refractivity contribution in [2.24, 2.45) is 0 Å². The second-order valence-corrected chi connectivity index (χ2v) is 3.76. The highest BCUT2D eigenvalue weighted by Gasteiger charge is 2.24. The van der Waals surface area contributed by atoms with Gasteiger partial charge in [0, 0.05) is 25.7 Å². The molecular weight excluding hydrogens is 194 g/mol. The van der Waals surface area contributed by atoms with E-state index in [1.807, 2.05) is 6.92 Å². The van der Waals surface area contributed by atoms with Gasteiger partial charge in [-0.05, 0) is 13.5 Å². The van der Waals surface area contributed by atoms with Crippen LogP contribution >= 0.6 is 0 Å². The first kappa shape index (κ1) is 12.3. The van der Waals surface area contributed by atoms with Crippen LogP contribution in [0.15, 0.2) is 0 Å². The Balaban J connectivity index is 1.98. The first-order valence-corrected chi connectivity index (χ1v) is 5.58. The third-order valence-electron chi connectivity index (χ3n) is 2.33. The Kier molecular flexibility index (Phi) is 5.42. The summed E-state index contributed by atoms with van der Waals surface area (Å²) in [6, 6.07) is 0.289. The molecule has 0 radical (unpaired) electrons. The van der Waals surface area contributed by atoms with E-state index in [4.69, 9.17) is 4.74 Å². The number of hydrogen-bond acceptors (Lipinski definition) is 3. The first-order valence-electron chi connectivity index (χ1n) is 5.58. The zero-order valence-electron chi connectivity index (χ0n) is 9.58. The van der Waals surface area contributed by atoms with Gasteiger partial charge in [-0.15, -0.1) is 0 Å². The lowest BCUT2D eigenvalue weighted by Gasteiger charge is -2.14. The Morgan fingerprint density at radius 3 is 3.00 bits per heavy atom. The van der Waals surface area contributed by atoms with Crippen molar-refractivity contribution in [1.82, 2.24) is 15.5 Å². The number of rotatable bonds is 7. The molecule has 0 spiro atoms. The number of carbonyl (C=O) groups is 1. The van der Waals surface area contributed by atoms with Crippen molar-refractivity contribution in [3.63, 3.8) is 0 Å². The predicted octanol–water partition coefficient (Wildman–Crippen LogP) is 0.0262. The molecule has 0 bridgehead atoms. The molecule has 0 aromatic heterocycles. The van der Waals surface area contributed by atoms with Gasteiger partial charge in [-0.3, -0.25) is 0 Å². The van der Waals surface area contributed by atoms with Crippen molar-refractivity contribution in [2.45, 2.75) is 19.9 Å². The lowest BCUT2D eigenvalue weighted by atomic mass is 10.4. The summed E-state index contributed by atoms with van der Waals surface area (Å²) < 4.78 is 5.40. The Labute approximate surface area is 91.2 Å². The lowest BCUT2D eigenvalue weighted by Crippen LogP contribution is -2.31. The zero-order chi connectivity index (χ0) is 11.1. The Hall–Kier alpha value is -0.810. The van der Waals surface area contributed by atoms with E-state index in [-0.39, 0.29) is 12.1 Å². The highest BCUT2D eigenvalue weighted by Crippen LogP contribution is 2.02. The molecule has 1 aliphatic rings. The van der Waals surface area contributed by atoms with Crippen molar-refractivity contribution >= 4 is 6.03 Å². The molecule has 0 aromatic rings. The van der Waals surface area contributed by atoms with Crippen molar-refractivity contribution < 1.29 is 9.53 Å². The van der Waals surface area contributed by atoms with E-state index >= 15 is 0 Å². The normalized spacial score (nSPS) is 20.8. The third kappa shape index (κ3) is 4.48. The zero-order valence-corrected chi connectivity index (χ0v) is 9.58. The molecule has 0 aromatic carbocycles. The van der Waals surface area contributed by atoms with Gasteiger partial charge in [0.05, 0.1) is 13.2 Å².